The average Bonchev–Trinajstić information content (AvgIpc) is 2.72. The van der Waals surface area contributed by atoms with E-state index < -0.39 is 4.92 Å². The molecule has 2 rings (SSSR count). The third-order valence-electron chi connectivity index (χ3n) is 5.26. The zero-order chi connectivity index (χ0) is 23.8. The first-order valence-electron chi connectivity index (χ1n) is 11.6. The number of unbranched alkanes of at least 4 members (excludes halogenated alkanes) is 7. The molecule has 0 saturated carbocycles. The van der Waals surface area contributed by atoms with Crippen LogP contribution in [0, 0.1) is 10.1 Å². The lowest BCUT2D eigenvalue weighted by atomic mass is 9.90. The van der Waals surface area contributed by atoms with Crippen molar-refractivity contribution >= 4 is 17.3 Å². The predicted octanol–water partition coefficient (Wildman–Crippen LogP) is 6.45. The molecule has 0 heterocycles. The summed E-state index contributed by atoms with van der Waals surface area (Å²) in [7, 11) is 0. The van der Waals surface area contributed by atoms with E-state index in [0.29, 0.717) is 17.2 Å². The zero-order valence-electron chi connectivity index (χ0n) is 19.7. The third-order valence-corrected chi connectivity index (χ3v) is 5.50. The summed E-state index contributed by atoms with van der Waals surface area (Å²) in [6.07, 6.45) is 16.7. The smallest absolute Gasteiger partial charge is 0.276 e. The number of nitrogens with zero attached hydrogens (tertiary/aromatic N) is 1. The van der Waals surface area contributed by atoms with E-state index in [1.165, 1.54) is 43.7 Å². The van der Waals surface area contributed by atoms with Gasteiger partial charge in [-0.1, -0.05) is 73.9 Å². The van der Waals surface area contributed by atoms with Gasteiger partial charge in [-0.2, -0.15) is 0 Å². The van der Waals surface area contributed by atoms with Crippen molar-refractivity contribution in [3.63, 3.8) is 0 Å². The maximum absolute atomic E-state index is 11.0. The van der Waals surface area contributed by atoms with Gasteiger partial charge < -0.3 is 16.2 Å². The van der Waals surface area contributed by atoms with Crippen LogP contribution in [0.25, 0.3) is 0 Å². The third kappa shape index (κ3) is 13.0. The summed E-state index contributed by atoms with van der Waals surface area (Å²) in [4.78, 5) is 10.5. The van der Waals surface area contributed by atoms with Crippen LogP contribution in [0.1, 0.15) is 77.2 Å². The maximum Gasteiger partial charge on any atom is 0.276 e. The van der Waals surface area contributed by atoms with Gasteiger partial charge in [0.15, 0.2) is 0 Å². The van der Waals surface area contributed by atoms with Crippen molar-refractivity contribution in [3.8, 4) is 0 Å². The standard InChI is InChI=1S/C17H27ClN2O3.C8H13N/c18-16-10-9-15(17(13-16)20(21)22)14-23-12-8-6-4-2-1-3-5-7-11-19;1-7-4-3-5-8(2,9)6-7/h9-10,13H,1-8,11-12,14,19H2;3-5H,6,9H2,1-2H3. The predicted molar refractivity (Wildman–Crippen MR) is 134 cm³/mol. The Morgan fingerprint density at radius 2 is 1.75 bits per heavy atom. The molecule has 32 heavy (non-hydrogen) atoms. The van der Waals surface area contributed by atoms with E-state index in [9.17, 15) is 10.1 Å². The van der Waals surface area contributed by atoms with Gasteiger partial charge in [0.25, 0.3) is 5.69 Å². The number of benzene rings is 1. The molecule has 1 aliphatic carbocycles. The molecule has 1 aromatic rings. The van der Waals surface area contributed by atoms with Crippen molar-refractivity contribution in [3.05, 3.63) is 62.7 Å². The van der Waals surface area contributed by atoms with Crippen LogP contribution in [-0.2, 0) is 11.3 Å². The molecule has 0 bridgehead atoms. The number of nitro benzene ring substituents is 1. The molecule has 0 fully saturated rings. The lowest BCUT2D eigenvalue weighted by Crippen LogP contribution is -2.34. The summed E-state index contributed by atoms with van der Waals surface area (Å²) in [6, 6.07) is 4.67. The number of ether oxygens (including phenoxy) is 1. The van der Waals surface area contributed by atoms with Gasteiger partial charge in [0.2, 0.25) is 0 Å². The molecule has 0 amide bonds. The minimum absolute atomic E-state index is 0.0231. The van der Waals surface area contributed by atoms with Crippen molar-refractivity contribution in [2.45, 2.75) is 83.8 Å². The second-order valence-corrected chi connectivity index (χ2v) is 9.19. The summed E-state index contributed by atoms with van der Waals surface area (Å²) in [5.41, 5.74) is 13.2. The van der Waals surface area contributed by atoms with Gasteiger partial charge in [0, 0.05) is 23.2 Å². The lowest BCUT2D eigenvalue weighted by molar-refractivity contribution is -0.385. The van der Waals surface area contributed by atoms with Crippen LogP contribution >= 0.6 is 11.6 Å². The Bertz CT molecular complexity index is 748. The normalized spacial score (nSPS) is 17.5. The molecule has 1 aromatic carbocycles. The van der Waals surface area contributed by atoms with Gasteiger partial charge in [-0.15, -0.1) is 0 Å². The van der Waals surface area contributed by atoms with Gasteiger partial charge in [-0.05, 0) is 51.8 Å². The highest BCUT2D eigenvalue weighted by Crippen LogP contribution is 2.24. The van der Waals surface area contributed by atoms with E-state index in [1.54, 1.807) is 12.1 Å². The summed E-state index contributed by atoms with van der Waals surface area (Å²) < 4.78 is 5.55. The molecule has 0 aliphatic heterocycles. The Hall–Kier alpha value is -1.73. The van der Waals surface area contributed by atoms with Crippen molar-refractivity contribution < 1.29 is 9.66 Å². The summed E-state index contributed by atoms with van der Waals surface area (Å²) in [6.45, 7) is 5.83. The fraction of sp³-hybridized carbons (Fsp3) is 0.600. The number of hydrogen-bond acceptors (Lipinski definition) is 5. The number of rotatable bonds is 13. The molecule has 1 atom stereocenters. The maximum atomic E-state index is 11.0. The summed E-state index contributed by atoms with van der Waals surface area (Å²) in [5, 5.41) is 11.3. The van der Waals surface area contributed by atoms with Crippen molar-refractivity contribution in [2.24, 2.45) is 11.5 Å². The van der Waals surface area contributed by atoms with Crippen molar-refractivity contribution in [1.82, 2.24) is 0 Å². The molecule has 7 heteroatoms. The fourth-order valence-electron chi connectivity index (χ4n) is 3.57. The number of halogens is 1. The number of hydrogen-bond donors (Lipinski definition) is 2. The van der Waals surface area contributed by atoms with Gasteiger partial charge >= 0.3 is 0 Å². The summed E-state index contributed by atoms with van der Waals surface area (Å²) in [5.74, 6) is 0. The van der Waals surface area contributed by atoms with E-state index in [2.05, 4.69) is 13.0 Å². The number of nitrogens with two attached hydrogens (primary N) is 2. The molecule has 0 aromatic heterocycles. The monoisotopic (exact) mass is 465 g/mol. The molecular formula is C25H40ClN3O3. The molecule has 4 N–H and O–H groups in total. The second-order valence-electron chi connectivity index (χ2n) is 8.75. The Morgan fingerprint density at radius 1 is 1.12 bits per heavy atom. The molecular weight excluding hydrogens is 426 g/mol. The van der Waals surface area contributed by atoms with Crippen molar-refractivity contribution in [1.29, 1.82) is 0 Å². The first-order valence-corrected chi connectivity index (χ1v) is 12.0. The highest BCUT2D eigenvalue weighted by Gasteiger charge is 2.16. The van der Waals surface area contributed by atoms with Gasteiger partial charge in [0.05, 0.1) is 17.1 Å². The highest BCUT2D eigenvalue weighted by atomic mass is 35.5. The Morgan fingerprint density at radius 3 is 2.28 bits per heavy atom. The highest BCUT2D eigenvalue weighted by molar-refractivity contribution is 6.30. The van der Waals surface area contributed by atoms with Gasteiger partial charge in [-0.3, -0.25) is 10.1 Å². The largest absolute Gasteiger partial charge is 0.377 e. The Balaban J connectivity index is 0.000000471. The van der Waals surface area contributed by atoms with E-state index in [1.807, 2.05) is 19.1 Å². The van der Waals surface area contributed by atoms with Crippen molar-refractivity contribution in [2.75, 3.05) is 13.2 Å². The van der Waals surface area contributed by atoms with Crippen LogP contribution in [0.5, 0.6) is 0 Å². The molecule has 0 radical (unpaired) electrons. The molecule has 0 saturated heterocycles. The number of allylic oxidation sites excluding steroid dienone is 2. The SMILES string of the molecule is CC1=CC=CC(C)(N)C1.NCCCCCCCCCCOCc1ccc(Cl)cc1[N+](=O)[O-]. The lowest BCUT2D eigenvalue weighted by Gasteiger charge is -2.22. The van der Waals surface area contributed by atoms with E-state index in [4.69, 9.17) is 27.8 Å². The fourth-order valence-corrected chi connectivity index (χ4v) is 3.74. The minimum Gasteiger partial charge on any atom is -0.377 e. The van der Waals surface area contributed by atoms with Crippen LogP contribution in [-0.4, -0.2) is 23.6 Å². The summed E-state index contributed by atoms with van der Waals surface area (Å²) >= 11 is 5.78. The second kappa shape index (κ2) is 16.0. The molecule has 1 unspecified atom stereocenters. The van der Waals surface area contributed by atoms with E-state index >= 15 is 0 Å². The van der Waals surface area contributed by atoms with Crippen LogP contribution in [0.15, 0.2) is 42.0 Å². The molecule has 6 nitrogen and oxygen atoms in total. The van der Waals surface area contributed by atoms with Crippen LogP contribution in [0.4, 0.5) is 5.69 Å². The first kappa shape index (κ1) is 28.3. The molecule has 1 aliphatic rings. The average molecular weight is 466 g/mol. The minimum atomic E-state index is -0.421. The number of nitro groups is 1. The van der Waals surface area contributed by atoms with Gasteiger partial charge in [-0.25, -0.2) is 0 Å². The topological polar surface area (TPSA) is 104 Å². The first-order chi connectivity index (χ1) is 15.2. The van der Waals surface area contributed by atoms with E-state index in [-0.39, 0.29) is 17.8 Å². The Labute approximate surface area is 198 Å². The van der Waals surface area contributed by atoms with E-state index in [0.717, 1.165) is 32.2 Å². The molecule has 0 spiro atoms. The van der Waals surface area contributed by atoms with Gasteiger partial charge in [0.1, 0.15) is 0 Å². The molecule has 180 valence electrons. The van der Waals surface area contributed by atoms with Crippen LogP contribution in [0.3, 0.4) is 0 Å². The quantitative estimate of drug-likeness (QED) is 0.198. The van der Waals surface area contributed by atoms with Crippen LogP contribution < -0.4 is 11.5 Å². The Kier molecular flexibility index (Phi) is 14.1. The zero-order valence-corrected chi connectivity index (χ0v) is 20.4. The van der Waals surface area contributed by atoms with Crippen LogP contribution in [0.2, 0.25) is 5.02 Å².